The monoisotopic (exact) mass is 305 g/mol. The molecule has 0 atom stereocenters. The molecule has 0 amide bonds. The van der Waals surface area contributed by atoms with Crippen LogP contribution in [0.3, 0.4) is 0 Å². The van der Waals surface area contributed by atoms with Crippen molar-refractivity contribution in [3.05, 3.63) is 34.1 Å². The third-order valence-corrected chi connectivity index (χ3v) is 3.33. The van der Waals surface area contributed by atoms with E-state index in [-0.39, 0.29) is 12.1 Å². The minimum absolute atomic E-state index is 0.128. The lowest BCUT2D eigenvalue weighted by molar-refractivity contribution is 0.377. The number of hydrogen-bond donors (Lipinski definition) is 1. The van der Waals surface area contributed by atoms with Crippen molar-refractivity contribution >= 4 is 0 Å². The van der Waals surface area contributed by atoms with Crippen LogP contribution in [0.2, 0.25) is 0 Å². The summed E-state index contributed by atoms with van der Waals surface area (Å²) in [4.78, 5) is 11.9. The van der Waals surface area contributed by atoms with Crippen LogP contribution in [-0.4, -0.2) is 31.1 Å². The molecule has 0 saturated carbocycles. The zero-order chi connectivity index (χ0) is 16.3. The summed E-state index contributed by atoms with van der Waals surface area (Å²) < 4.78 is 17.3. The molecule has 118 valence electrons. The first kappa shape index (κ1) is 15.8. The molecule has 1 aromatic heterocycles. The van der Waals surface area contributed by atoms with E-state index in [1.54, 1.807) is 46.6 Å². The Bertz CT molecular complexity index is 715. The number of aromatic nitrogens is 2. The van der Waals surface area contributed by atoms with E-state index in [1.807, 2.05) is 0 Å². The molecule has 2 aromatic rings. The second-order valence-electron chi connectivity index (χ2n) is 4.59. The van der Waals surface area contributed by atoms with Crippen molar-refractivity contribution in [2.45, 2.75) is 6.54 Å². The van der Waals surface area contributed by atoms with Gasteiger partial charge in [-0.2, -0.15) is 5.10 Å². The van der Waals surface area contributed by atoms with E-state index in [9.17, 15) is 4.79 Å². The van der Waals surface area contributed by atoms with Gasteiger partial charge in [0.15, 0.2) is 0 Å². The molecular formula is C15H19N3O4. The lowest BCUT2D eigenvalue weighted by atomic mass is 10.1. The molecule has 0 aliphatic rings. The number of methoxy groups -OCH3 is 3. The smallest absolute Gasteiger partial charge is 0.271 e. The van der Waals surface area contributed by atoms with E-state index in [2.05, 4.69) is 5.10 Å². The number of hydrogen-bond acceptors (Lipinski definition) is 6. The molecule has 2 rings (SSSR count). The highest BCUT2D eigenvalue weighted by atomic mass is 16.5. The van der Waals surface area contributed by atoms with Crippen LogP contribution < -0.4 is 25.5 Å². The van der Waals surface area contributed by atoms with E-state index in [0.717, 1.165) is 0 Å². The summed E-state index contributed by atoms with van der Waals surface area (Å²) in [5.41, 5.74) is 7.05. The third-order valence-electron chi connectivity index (χ3n) is 3.33. The Kier molecular flexibility index (Phi) is 4.67. The molecule has 2 N–H and O–H groups in total. The summed E-state index contributed by atoms with van der Waals surface area (Å²) in [5, 5.41) is 4.27. The molecule has 1 heterocycles. The molecule has 0 fully saturated rings. The van der Waals surface area contributed by atoms with Crippen molar-refractivity contribution < 1.29 is 14.2 Å². The zero-order valence-corrected chi connectivity index (χ0v) is 13.0. The van der Waals surface area contributed by atoms with Crippen LogP contribution in [0.1, 0.15) is 5.56 Å². The van der Waals surface area contributed by atoms with Crippen molar-refractivity contribution in [3.63, 3.8) is 0 Å². The largest absolute Gasteiger partial charge is 0.496 e. The highest BCUT2D eigenvalue weighted by Crippen LogP contribution is 2.40. The topological polar surface area (TPSA) is 88.6 Å². The standard InChI is InChI=1S/C15H19N3O4/c1-18-15(19)9(8-16)5-11(17-18)14-12(21-3)6-10(20-2)7-13(14)22-4/h5-7H,8,16H2,1-4H3. The number of benzene rings is 1. The summed E-state index contributed by atoms with van der Waals surface area (Å²) in [5.74, 6) is 1.66. The van der Waals surface area contributed by atoms with Gasteiger partial charge in [-0.25, -0.2) is 4.68 Å². The Morgan fingerprint density at radius 1 is 1.09 bits per heavy atom. The predicted octanol–water partition coefficient (Wildman–Crippen LogP) is 0.932. The molecular weight excluding hydrogens is 286 g/mol. The van der Waals surface area contributed by atoms with E-state index in [0.29, 0.717) is 34.1 Å². The minimum atomic E-state index is -0.224. The first-order chi connectivity index (χ1) is 10.5. The molecule has 22 heavy (non-hydrogen) atoms. The second-order valence-corrected chi connectivity index (χ2v) is 4.59. The molecule has 0 aliphatic heterocycles. The van der Waals surface area contributed by atoms with Crippen molar-refractivity contribution in [2.75, 3.05) is 21.3 Å². The van der Waals surface area contributed by atoms with Gasteiger partial charge in [0.05, 0.1) is 32.6 Å². The average Bonchev–Trinajstić information content (AvgIpc) is 2.55. The Morgan fingerprint density at radius 3 is 2.14 bits per heavy atom. The zero-order valence-electron chi connectivity index (χ0n) is 13.0. The van der Waals surface area contributed by atoms with E-state index < -0.39 is 0 Å². The van der Waals surface area contributed by atoms with Gasteiger partial charge in [0, 0.05) is 31.3 Å². The molecule has 0 radical (unpaired) electrons. The van der Waals surface area contributed by atoms with Gasteiger partial charge in [-0.15, -0.1) is 0 Å². The fourth-order valence-corrected chi connectivity index (χ4v) is 2.20. The van der Waals surface area contributed by atoms with E-state index >= 15 is 0 Å². The molecule has 1 aromatic carbocycles. The molecule has 0 spiro atoms. The number of aryl methyl sites for hydroxylation is 1. The maximum Gasteiger partial charge on any atom is 0.271 e. The van der Waals surface area contributed by atoms with Crippen LogP contribution in [0.5, 0.6) is 17.2 Å². The first-order valence-electron chi connectivity index (χ1n) is 6.63. The van der Waals surface area contributed by atoms with Crippen molar-refractivity contribution in [3.8, 4) is 28.5 Å². The fraction of sp³-hybridized carbons (Fsp3) is 0.333. The fourth-order valence-electron chi connectivity index (χ4n) is 2.20. The molecule has 0 unspecified atom stereocenters. The lowest BCUT2D eigenvalue weighted by Crippen LogP contribution is -2.25. The quantitative estimate of drug-likeness (QED) is 0.884. The Hall–Kier alpha value is -2.54. The normalized spacial score (nSPS) is 10.4. The van der Waals surface area contributed by atoms with Gasteiger partial charge in [0.25, 0.3) is 5.56 Å². The molecule has 0 aliphatic carbocycles. The van der Waals surface area contributed by atoms with Gasteiger partial charge in [-0.05, 0) is 6.07 Å². The Labute approximate surface area is 128 Å². The van der Waals surface area contributed by atoms with Gasteiger partial charge in [0.2, 0.25) is 0 Å². The maximum absolute atomic E-state index is 11.9. The highest BCUT2D eigenvalue weighted by Gasteiger charge is 2.18. The van der Waals surface area contributed by atoms with Crippen LogP contribution in [-0.2, 0) is 13.6 Å². The third kappa shape index (κ3) is 2.75. The number of nitrogens with two attached hydrogens (primary N) is 1. The van der Waals surface area contributed by atoms with E-state index in [1.165, 1.54) is 4.68 Å². The average molecular weight is 305 g/mol. The van der Waals surface area contributed by atoms with E-state index in [4.69, 9.17) is 19.9 Å². The highest BCUT2D eigenvalue weighted by molar-refractivity contribution is 5.76. The SMILES string of the molecule is COc1cc(OC)c(-c2cc(CN)c(=O)n(C)n2)c(OC)c1. The summed E-state index contributed by atoms with van der Waals surface area (Å²) in [7, 11) is 6.23. The van der Waals surface area contributed by atoms with Crippen LogP contribution >= 0.6 is 0 Å². The molecule has 7 nitrogen and oxygen atoms in total. The molecule has 0 bridgehead atoms. The number of ether oxygens (including phenoxy) is 3. The summed E-state index contributed by atoms with van der Waals surface area (Å²) in [6.07, 6.45) is 0. The van der Waals surface area contributed by atoms with Crippen LogP contribution in [0.15, 0.2) is 23.0 Å². The minimum Gasteiger partial charge on any atom is -0.496 e. The van der Waals surface area contributed by atoms with Gasteiger partial charge >= 0.3 is 0 Å². The van der Waals surface area contributed by atoms with Gasteiger partial charge < -0.3 is 19.9 Å². The Balaban J connectivity index is 2.76. The molecule has 0 saturated heterocycles. The Morgan fingerprint density at radius 2 is 1.68 bits per heavy atom. The van der Waals surface area contributed by atoms with Crippen molar-refractivity contribution in [1.82, 2.24) is 9.78 Å². The van der Waals surface area contributed by atoms with Crippen LogP contribution in [0.4, 0.5) is 0 Å². The number of nitrogens with zero attached hydrogens (tertiary/aromatic N) is 2. The summed E-state index contributed by atoms with van der Waals surface area (Å²) in [6, 6.07) is 5.11. The van der Waals surface area contributed by atoms with Crippen molar-refractivity contribution in [1.29, 1.82) is 0 Å². The lowest BCUT2D eigenvalue weighted by Gasteiger charge is -2.15. The predicted molar refractivity (Wildman–Crippen MR) is 82.5 cm³/mol. The van der Waals surface area contributed by atoms with Gasteiger partial charge in [-0.3, -0.25) is 4.79 Å². The summed E-state index contributed by atoms with van der Waals surface area (Å²) in [6.45, 7) is 0.128. The van der Waals surface area contributed by atoms with Crippen LogP contribution in [0.25, 0.3) is 11.3 Å². The first-order valence-corrected chi connectivity index (χ1v) is 6.63. The van der Waals surface area contributed by atoms with Gasteiger partial charge in [-0.1, -0.05) is 0 Å². The number of rotatable bonds is 5. The van der Waals surface area contributed by atoms with Gasteiger partial charge in [0.1, 0.15) is 17.2 Å². The second kappa shape index (κ2) is 6.48. The van der Waals surface area contributed by atoms with Crippen LogP contribution in [0, 0.1) is 0 Å². The maximum atomic E-state index is 11.9. The molecule has 7 heteroatoms. The summed E-state index contributed by atoms with van der Waals surface area (Å²) >= 11 is 0. The van der Waals surface area contributed by atoms with Crippen molar-refractivity contribution in [2.24, 2.45) is 12.8 Å².